The summed E-state index contributed by atoms with van der Waals surface area (Å²) >= 11 is 3.12. The number of carbonyl (C=O) groups excluding carboxylic acids is 1. The van der Waals surface area contributed by atoms with Crippen LogP contribution in [0.5, 0.6) is 0 Å². The molecule has 0 fully saturated rings. The van der Waals surface area contributed by atoms with Gasteiger partial charge in [-0.25, -0.2) is 9.18 Å². The Labute approximate surface area is 123 Å². The number of alkyl halides is 2. The van der Waals surface area contributed by atoms with Crippen LogP contribution in [-0.4, -0.2) is 18.5 Å². The van der Waals surface area contributed by atoms with Gasteiger partial charge in [-0.3, -0.25) is 0 Å². The van der Waals surface area contributed by atoms with Crippen LogP contribution < -0.4 is 5.73 Å². The highest BCUT2D eigenvalue weighted by atomic mass is 79.9. The van der Waals surface area contributed by atoms with Crippen LogP contribution in [-0.2, 0) is 15.1 Å². The van der Waals surface area contributed by atoms with Crippen LogP contribution >= 0.6 is 15.9 Å². The Balaban J connectivity index is 3.05. The third-order valence-electron chi connectivity index (χ3n) is 2.71. The number of esters is 1. The highest BCUT2D eigenvalue weighted by molar-refractivity contribution is 9.10. The average Bonchev–Trinajstić information content (AvgIpc) is 2.31. The topological polar surface area (TPSA) is 52.3 Å². The van der Waals surface area contributed by atoms with E-state index in [1.165, 1.54) is 26.0 Å². The van der Waals surface area contributed by atoms with Crippen molar-refractivity contribution >= 4 is 21.9 Å². The maximum atomic E-state index is 13.7. The van der Waals surface area contributed by atoms with E-state index in [1.807, 2.05) is 0 Å². The second-order valence-corrected chi connectivity index (χ2v) is 5.56. The maximum Gasteiger partial charge on any atom is 0.377 e. The SMILES string of the molecule is CCOC(=O)C(F)(F)C[C@](C)(N)c1cc(Br)ccc1F. The van der Waals surface area contributed by atoms with E-state index < -0.39 is 29.7 Å². The van der Waals surface area contributed by atoms with Crippen molar-refractivity contribution in [2.24, 2.45) is 5.73 Å². The first-order valence-electron chi connectivity index (χ1n) is 5.89. The highest BCUT2D eigenvalue weighted by Gasteiger charge is 2.46. The summed E-state index contributed by atoms with van der Waals surface area (Å²) in [5.41, 5.74) is 3.96. The van der Waals surface area contributed by atoms with Crippen molar-refractivity contribution in [2.75, 3.05) is 6.61 Å². The van der Waals surface area contributed by atoms with Gasteiger partial charge >= 0.3 is 11.9 Å². The molecule has 0 aromatic heterocycles. The van der Waals surface area contributed by atoms with Crippen molar-refractivity contribution in [3.63, 3.8) is 0 Å². The molecule has 0 bridgehead atoms. The molecule has 1 rings (SSSR count). The molecule has 0 heterocycles. The van der Waals surface area contributed by atoms with Crippen LogP contribution in [0.3, 0.4) is 0 Å². The first kappa shape index (κ1) is 17.0. The van der Waals surface area contributed by atoms with Crippen molar-refractivity contribution in [3.05, 3.63) is 34.1 Å². The predicted molar refractivity (Wildman–Crippen MR) is 71.8 cm³/mol. The van der Waals surface area contributed by atoms with E-state index in [2.05, 4.69) is 20.7 Å². The fraction of sp³-hybridized carbons (Fsp3) is 0.462. The van der Waals surface area contributed by atoms with Crippen molar-refractivity contribution < 1.29 is 22.7 Å². The lowest BCUT2D eigenvalue weighted by atomic mass is 9.86. The Bertz CT molecular complexity index is 506. The van der Waals surface area contributed by atoms with Gasteiger partial charge in [0.1, 0.15) is 5.82 Å². The van der Waals surface area contributed by atoms with Crippen LogP contribution in [0, 0.1) is 5.82 Å². The highest BCUT2D eigenvalue weighted by Crippen LogP contribution is 2.34. The van der Waals surface area contributed by atoms with Gasteiger partial charge in [0.2, 0.25) is 0 Å². The summed E-state index contributed by atoms with van der Waals surface area (Å²) in [6, 6.07) is 3.86. The van der Waals surface area contributed by atoms with Gasteiger partial charge in [0.05, 0.1) is 6.61 Å². The number of hydrogen-bond donors (Lipinski definition) is 1. The van der Waals surface area contributed by atoms with Crippen molar-refractivity contribution in [3.8, 4) is 0 Å². The molecular formula is C13H15BrF3NO2. The van der Waals surface area contributed by atoms with Crippen molar-refractivity contribution in [2.45, 2.75) is 31.7 Å². The normalized spacial score (nSPS) is 14.8. The number of benzene rings is 1. The average molecular weight is 354 g/mol. The lowest BCUT2D eigenvalue weighted by Gasteiger charge is -2.29. The smallest absolute Gasteiger partial charge is 0.377 e. The van der Waals surface area contributed by atoms with Crippen LogP contribution in [0.1, 0.15) is 25.8 Å². The molecule has 0 saturated heterocycles. The molecule has 1 aromatic carbocycles. The van der Waals surface area contributed by atoms with Gasteiger partial charge in [-0.05, 0) is 32.0 Å². The van der Waals surface area contributed by atoms with E-state index in [1.54, 1.807) is 0 Å². The summed E-state index contributed by atoms with van der Waals surface area (Å²) in [5.74, 6) is -6.15. The molecule has 0 unspecified atom stereocenters. The zero-order valence-corrected chi connectivity index (χ0v) is 12.6. The first-order valence-corrected chi connectivity index (χ1v) is 6.69. The van der Waals surface area contributed by atoms with Crippen LogP contribution in [0.25, 0.3) is 0 Å². The molecule has 0 aliphatic heterocycles. The number of carbonyl (C=O) groups is 1. The molecule has 0 amide bonds. The number of hydrogen-bond acceptors (Lipinski definition) is 3. The van der Waals surface area contributed by atoms with Crippen molar-refractivity contribution in [1.82, 2.24) is 0 Å². The Morgan fingerprint density at radius 2 is 2.05 bits per heavy atom. The second kappa shape index (κ2) is 6.13. The number of halogens is 4. The zero-order chi connectivity index (χ0) is 15.6. The summed E-state index contributed by atoms with van der Waals surface area (Å²) < 4.78 is 46.0. The summed E-state index contributed by atoms with van der Waals surface area (Å²) in [5, 5.41) is 0. The fourth-order valence-corrected chi connectivity index (χ4v) is 2.16. The molecule has 0 radical (unpaired) electrons. The van der Waals surface area contributed by atoms with Gasteiger partial charge in [-0.15, -0.1) is 0 Å². The molecule has 0 saturated carbocycles. The first-order chi connectivity index (χ1) is 9.10. The second-order valence-electron chi connectivity index (χ2n) is 4.64. The third kappa shape index (κ3) is 3.96. The van der Waals surface area contributed by atoms with E-state index in [-0.39, 0.29) is 12.2 Å². The molecule has 1 aromatic rings. The lowest BCUT2D eigenvalue weighted by Crippen LogP contribution is -2.44. The fourth-order valence-electron chi connectivity index (χ4n) is 1.80. The van der Waals surface area contributed by atoms with E-state index in [0.29, 0.717) is 4.47 Å². The Morgan fingerprint density at radius 1 is 1.45 bits per heavy atom. The Kier molecular flexibility index (Phi) is 5.21. The summed E-state index contributed by atoms with van der Waals surface area (Å²) in [6.07, 6.45) is -1.05. The number of ether oxygens (including phenoxy) is 1. The van der Waals surface area contributed by atoms with E-state index in [4.69, 9.17) is 5.73 Å². The Hall–Kier alpha value is -1.08. The minimum atomic E-state index is -3.78. The lowest BCUT2D eigenvalue weighted by molar-refractivity contribution is -0.174. The molecule has 1 atom stereocenters. The Morgan fingerprint density at radius 3 is 2.60 bits per heavy atom. The molecule has 0 aliphatic carbocycles. The minimum Gasteiger partial charge on any atom is -0.462 e. The summed E-state index contributed by atoms with van der Waals surface area (Å²) in [6.45, 7) is 2.50. The van der Waals surface area contributed by atoms with Gasteiger partial charge < -0.3 is 10.5 Å². The maximum absolute atomic E-state index is 13.7. The van der Waals surface area contributed by atoms with Gasteiger partial charge in [0.25, 0.3) is 0 Å². The van der Waals surface area contributed by atoms with Gasteiger partial charge in [0.15, 0.2) is 0 Å². The number of rotatable bonds is 5. The van der Waals surface area contributed by atoms with Gasteiger partial charge in [-0.2, -0.15) is 8.78 Å². The standard InChI is InChI=1S/C13H15BrF3NO2/c1-3-20-11(19)13(16,17)7-12(2,18)9-6-8(14)4-5-10(9)15/h4-6H,3,7,18H2,1-2H3/t12-/m0/s1. The van der Waals surface area contributed by atoms with E-state index in [0.717, 1.165) is 6.07 Å². The van der Waals surface area contributed by atoms with E-state index in [9.17, 15) is 18.0 Å². The summed E-state index contributed by atoms with van der Waals surface area (Å²) in [7, 11) is 0. The molecule has 112 valence electrons. The van der Waals surface area contributed by atoms with Crippen LogP contribution in [0.4, 0.5) is 13.2 Å². The van der Waals surface area contributed by atoms with Gasteiger partial charge in [-0.1, -0.05) is 15.9 Å². The zero-order valence-electron chi connectivity index (χ0n) is 11.1. The minimum absolute atomic E-state index is 0.101. The molecular weight excluding hydrogens is 339 g/mol. The third-order valence-corrected chi connectivity index (χ3v) is 3.20. The predicted octanol–water partition coefficient (Wildman–Crippen LogP) is 3.35. The quantitative estimate of drug-likeness (QED) is 0.825. The molecule has 3 nitrogen and oxygen atoms in total. The summed E-state index contributed by atoms with van der Waals surface area (Å²) in [4.78, 5) is 11.2. The number of nitrogens with two attached hydrogens (primary N) is 1. The molecule has 0 spiro atoms. The molecule has 20 heavy (non-hydrogen) atoms. The van der Waals surface area contributed by atoms with Crippen molar-refractivity contribution in [1.29, 1.82) is 0 Å². The largest absolute Gasteiger partial charge is 0.462 e. The van der Waals surface area contributed by atoms with Gasteiger partial charge in [0, 0.05) is 22.0 Å². The van der Waals surface area contributed by atoms with Crippen LogP contribution in [0.15, 0.2) is 22.7 Å². The monoisotopic (exact) mass is 353 g/mol. The molecule has 0 aliphatic rings. The molecule has 7 heteroatoms. The molecule has 2 N–H and O–H groups in total. The van der Waals surface area contributed by atoms with Crippen LogP contribution in [0.2, 0.25) is 0 Å². The van der Waals surface area contributed by atoms with E-state index >= 15 is 0 Å².